The van der Waals surface area contributed by atoms with Crippen LogP contribution in [0.5, 0.6) is 11.5 Å². The summed E-state index contributed by atoms with van der Waals surface area (Å²) in [5.74, 6) is -1.10. The highest BCUT2D eigenvalue weighted by molar-refractivity contribution is 5.80. The van der Waals surface area contributed by atoms with Crippen LogP contribution in [0.3, 0.4) is 0 Å². The van der Waals surface area contributed by atoms with E-state index in [2.05, 4.69) is 5.32 Å². The number of carbonyl (C=O) groups excluding carboxylic acids is 1. The van der Waals surface area contributed by atoms with Crippen molar-refractivity contribution in [2.45, 2.75) is 19.4 Å². The second kappa shape index (κ2) is 6.48. The zero-order valence-corrected chi connectivity index (χ0v) is 9.97. The fraction of sp³-hybridized carbons (Fsp3) is 0.333. The Balaban J connectivity index is 2.53. The van der Waals surface area contributed by atoms with Gasteiger partial charge in [-0.1, -0.05) is 12.1 Å². The maximum atomic E-state index is 11.3. The van der Waals surface area contributed by atoms with Crippen molar-refractivity contribution in [2.75, 3.05) is 7.11 Å². The van der Waals surface area contributed by atoms with Gasteiger partial charge in [-0.25, -0.2) is 0 Å². The zero-order chi connectivity index (χ0) is 13.5. The van der Waals surface area contributed by atoms with Gasteiger partial charge in [0.1, 0.15) is 0 Å². The third-order valence-corrected chi connectivity index (χ3v) is 2.34. The Bertz CT molecular complexity index is 444. The van der Waals surface area contributed by atoms with Gasteiger partial charge in [0, 0.05) is 18.5 Å². The first-order chi connectivity index (χ1) is 8.54. The van der Waals surface area contributed by atoms with E-state index >= 15 is 0 Å². The molecule has 6 nitrogen and oxygen atoms in total. The first-order valence-electron chi connectivity index (χ1n) is 5.38. The third kappa shape index (κ3) is 3.97. The number of phenolic OH excluding ortho intramolecular Hbond substituents is 1. The molecular weight excluding hydrogens is 238 g/mol. The van der Waals surface area contributed by atoms with Gasteiger partial charge in [0.25, 0.3) is 0 Å². The first kappa shape index (κ1) is 13.8. The molecule has 0 aliphatic rings. The van der Waals surface area contributed by atoms with Crippen LogP contribution in [0.15, 0.2) is 18.2 Å². The Morgan fingerprint density at radius 1 is 1.33 bits per heavy atom. The number of methoxy groups -OCH3 is 1. The lowest BCUT2D eigenvalue weighted by Crippen LogP contribution is -2.23. The number of nitrogens with one attached hydrogen (secondary N) is 1. The fourth-order valence-corrected chi connectivity index (χ4v) is 1.38. The smallest absolute Gasteiger partial charge is 0.303 e. The SMILES string of the molecule is COc1cccc(CNC(=O)CCC(=O)O)c1O. The van der Waals surface area contributed by atoms with Crippen LogP contribution in [0, 0.1) is 0 Å². The van der Waals surface area contributed by atoms with Crippen molar-refractivity contribution < 1.29 is 24.5 Å². The van der Waals surface area contributed by atoms with E-state index in [0.29, 0.717) is 11.3 Å². The average molecular weight is 253 g/mol. The number of carbonyl (C=O) groups is 2. The summed E-state index contributed by atoms with van der Waals surface area (Å²) in [6.45, 7) is 0.126. The lowest BCUT2D eigenvalue weighted by atomic mass is 10.2. The van der Waals surface area contributed by atoms with Crippen molar-refractivity contribution in [1.82, 2.24) is 5.32 Å². The minimum absolute atomic E-state index is 0.0291. The van der Waals surface area contributed by atoms with Gasteiger partial charge in [-0.2, -0.15) is 0 Å². The van der Waals surface area contributed by atoms with Crippen LogP contribution in [-0.2, 0) is 16.1 Å². The van der Waals surface area contributed by atoms with Crippen LogP contribution in [0.25, 0.3) is 0 Å². The number of carboxylic acids is 1. The average Bonchev–Trinajstić information content (AvgIpc) is 2.35. The highest BCUT2D eigenvalue weighted by Crippen LogP contribution is 2.29. The summed E-state index contributed by atoms with van der Waals surface area (Å²) < 4.78 is 4.93. The number of para-hydroxylation sites is 1. The minimum Gasteiger partial charge on any atom is -0.504 e. The van der Waals surface area contributed by atoms with E-state index in [0.717, 1.165) is 0 Å². The van der Waals surface area contributed by atoms with Crippen molar-refractivity contribution in [3.63, 3.8) is 0 Å². The van der Waals surface area contributed by atoms with Crippen molar-refractivity contribution in [2.24, 2.45) is 0 Å². The number of aromatic hydroxyl groups is 1. The van der Waals surface area contributed by atoms with Crippen LogP contribution in [0.1, 0.15) is 18.4 Å². The van der Waals surface area contributed by atoms with Gasteiger partial charge in [0.05, 0.1) is 13.5 Å². The highest BCUT2D eigenvalue weighted by Gasteiger charge is 2.09. The molecule has 98 valence electrons. The molecule has 0 fully saturated rings. The monoisotopic (exact) mass is 253 g/mol. The molecule has 0 unspecified atom stereocenters. The van der Waals surface area contributed by atoms with E-state index < -0.39 is 5.97 Å². The van der Waals surface area contributed by atoms with Crippen LogP contribution < -0.4 is 10.1 Å². The second-order valence-electron chi connectivity index (χ2n) is 3.64. The molecule has 3 N–H and O–H groups in total. The number of aliphatic carboxylic acids is 1. The summed E-state index contributed by atoms with van der Waals surface area (Å²) in [6, 6.07) is 4.94. The number of hydrogen-bond donors (Lipinski definition) is 3. The maximum absolute atomic E-state index is 11.3. The standard InChI is InChI=1S/C12H15NO5/c1-18-9-4-2-3-8(12(9)17)7-13-10(14)5-6-11(15)16/h2-4,17H,5-7H2,1H3,(H,13,14)(H,15,16). The van der Waals surface area contributed by atoms with Crippen molar-refractivity contribution in [1.29, 1.82) is 0 Å². The molecule has 0 saturated carbocycles. The highest BCUT2D eigenvalue weighted by atomic mass is 16.5. The minimum atomic E-state index is -1.02. The first-order valence-corrected chi connectivity index (χ1v) is 5.38. The predicted molar refractivity (Wildman–Crippen MR) is 63.4 cm³/mol. The molecule has 1 amide bonds. The Labute approximate surface area is 104 Å². The quantitative estimate of drug-likeness (QED) is 0.699. The molecular formula is C12H15NO5. The van der Waals surface area contributed by atoms with E-state index in [9.17, 15) is 14.7 Å². The lowest BCUT2D eigenvalue weighted by Gasteiger charge is -2.09. The number of hydrogen-bond acceptors (Lipinski definition) is 4. The Morgan fingerprint density at radius 3 is 2.67 bits per heavy atom. The summed E-state index contributed by atoms with van der Waals surface area (Å²) in [7, 11) is 1.43. The normalized spacial score (nSPS) is 9.83. The van der Waals surface area contributed by atoms with E-state index in [1.807, 2.05) is 0 Å². The molecule has 0 heterocycles. The summed E-state index contributed by atoms with van der Waals surface area (Å²) in [5.41, 5.74) is 0.512. The number of phenols is 1. The van der Waals surface area contributed by atoms with E-state index in [4.69, 9.17) is 9.84 Å². The molecule has 0 aromatic heterocycles. The van der Waals surface area contributed by atoms with Gasteiger partial charge in [0.15, 0.2) is 11.5 Å². The van der Waals surface area contributed by atoms with Crippen LogP contribution in [0.2, 0.25) is 0 Å². The predicted octanol–water partition coefficient (Wildman–Crippen LogP) is 0.882. The van der Waals surface area contributed by atoms with Crippen LogP contribution in [0.4, 0.5) is 0 Å². The molecule has 1 rings (SSSR count). The van der Waals surface area contributed by atoms with E-state index in [1.54, 1.807) is 18.2 Å². The van der Waals surface area contributed by atoms with Crippen LogP contribution in [-0.4, -0.2) is 29.2 Å². The van der Waals surface area contributed by atoms with E-state index in [1.165, 1.54) is 7.11 Å². The van der Waals surface area contributed by atoms with Crippen molar-refractivity contribution in [3.05, 3.63) is 23.8 Å². The van der Waals surface area contributed by atoms with Crippen molar-refractivity contribution >= 4 is 11.9 Å². The summed E-state index contributed by atoms with van der Waals surface area (Å²) in [6.07, 6.45) is -0.296. The summed E-state index contributed by atoms with van der Waals surface area (Å²) in [5, 5.41) is 20.7. The topological polar surface area (TPSA) is 95.9 Å². The second-order valence-corrected chi connectivity index (χ2v) is 3.64. The Morgan fingerprint density at radius 2 is 2.06 bits per heavy atom. The van der Waals surface area contributed by atoms with Crippen LogP contribution >= 0.6 is 0 Å². The molecule has 1 aromatic carbocycles. The zero-order valence-electron chi connectivity index (χ0n) is 9.97. The molecule has 0 saturated heterocycles. The molecule has 0 aliphatic carbocycles. The molecule has 1 aromatic rings. The number of rotatable bonds is 6. The third-order valence-electron chi connectivity index (χ3n) is 2.34. The fourth-order valence-electron chi connectivity index (χ4n) is 1.38. The molecule has 0 radical (unpaired) electrons. The molecule has 0 spiro atoms. The molecule has 0 aliphatic heterocycles. The van der Waals surface area contributed by atoms with Gasteiger partial charge < -0.3 is 20.3 Å². The summed E-state index contributed by atoms with van der Waals surface area (Å²) in [4.78, 5) is 21.6. The van der Waals surface area contributed by atoms with Gasteiger partial charge in [-0.3, -0.25) is 9.59 Å². The van der Waals surface area contributed by atoms with Gasteiger partial charge in [-0.15, -0.1) is 0 Å². The Hall–Kier alpha value is -2.24. The molecule has 0 bridgehead atoms. The number of carboxylic acid groups (broad SMARTS) is 1. The van der Waals surface area contributed by atoms with E-state index in [-0.39, 0.29) is 31.0 Å². The summed E-state index contributed by atoms with van der Waals surface area (Å²) >= 11 is 0. The molecule has 6 heteroatoms. The largest absolute Gasteiger partial charge is 0.504 e. The van der Waals surface area contributed by atoms with Gasteiger partial charge in [0.2, 0.25) is 5.91 Å². The maximum Gasteiger partial charge on any atom is 0.303 e. The molecule has 0 atom stereocenters. The number of ether oxygens (including phenoxy) is 1. The van der Waals surface area contributed by atoms with Gasteiger partial charge >= 0.3 is 5.97 Å². The number of amides is 1. The lowest BCUT2D eigenvalue weighted by molar-refractivity contribution is -0.138. The Kier molecular flexibility index (Phi) is 4.98. The molecule has 18 heavy (non-hydrogen) atoms. The van der Waals surface area contributed by atoms with Gasteiger partial charge in [-0.05, 0) is 6.07 Å². The van der Waals surface area contributed by atoms with Crippen molar-refractivity contribution in [3.8, 4) is 11.5 Å². The number of benzene rings is 1.